The molecule has 0 aliphatic carbocycles. The molecule has 0 aliphatic rings. The van der Waals surface area contributed by atoms with E-state index in [1.54, 1.807) is 24.9 Å². The molecule has 4 heteroatoms. The highest BCUT2D eigenvalue weighted by molar-refractivity contribution is 8.00. The maximum atomic E-state index is 13.7. The number of hydrogen-bond donors (Lipinski definition) is 1. The fraction of sp³-hybridized carbons (Fsp3) is 0.538. The SMILES string of the molecule is COCCNCc1c(F)cccc1SC(C)C. The van der Waals surface area contributed by atoms with Crippen molar-refractivity contribution in [3.05, 3.63) is 29.6 Å². The van der Waals surface area contributed by atoms with Gasteiger partial charge in [-0.15, -0.1) is 11.8 Å². The molecule has 1 N–H and O–H groups in total. The van der Waals surface area contributed by atoms with Crippen molar-refractivity contribution in [1.82, 2.24) is 5.32 Å². The fourth-order valence-corrected chi connectivity index (χ4v) is 2.44. The zero-order valence-electron chi connectivity index (χ0n) is 10.6. The predicted molar refractivity (Wildman–Crippen MR) is 71.0 cm³/mol. The first-order chi connectivity index (χ1) is 8.15. The van der Waals surface area contributed by atoms with Gasteiger partial charge in [-0.25, -0.2) is 4.39 Å². The average molecular weight is 257 g/mol. The summed E-state index contributed by atoms with van der Waals surface area (Å²) in [7, 11) is 1.66. The largest absolute Gasteiger partial charge is 0.383 e. The van der Waals surface area contributed by atoms with Gasteiger partial charge in [0.15, 0.2) is 0 Å². The minimum Gasteiger partial charge on any atom is -0.383 e. The molecule has 0 unspecified atom stereocenters. The molecule has 0 fully saturated rings. The summed E-state index contributed by atoms with van der Waals surface area (Å²) >= 11 is 1.69. The number of hydrogen-bond acceptors (Lipinski definition) is 3. The van der Waals surface area contributed by atoms with Crippen molar-refractivity contribution in [2.24, 2.45) is 0 Å². The molecular weight excluding hydrogens is 237 g/mol. The maximum Gasteiger partial charge on any atom is 0.128 e. The van der Waals surface area contributed by atoms with E-state index in [0.29, 0.717) is 18.4 Å². The van der Waals surface area contributed by atoms with Crippen molar-refractivity contribution in [2.45, 2.75) is 30.5 Å². The molecule has 0 bridgehead atoms. The van der Waals surface area contributed by atoms with Crippen LogP contribution in [-0.4, -0.2) is 25.5 Å². The zero-order chi connectivity index (χ0) is 12.7. The molecule has 0 saturated heterocycles. The molecule has 0 aliphatic heterocycles. The molecule has 0 spiro atoms. The highest BCUT2D eigenvalue weighted by Gasteiger charge is 2.09. The maximum absolute atomic E-state index is 13.7. The molecular formula is C13H20FNOS. The Morgan fingerprint density at radius 1 is 1.41 bits per heavy atom. The van der Waals surface area contributed by atoms with Crippen molar-refractivity contribution < 1.29 is 9.13 Å². The zero-order valence-corrected chi connectivity index (χ0v) is 11.4. The second-order valence-corrected chi connectivity index (χ2v) is 5.67. The molecule has 96 valence electrons. The third-order valence-corrected chi connectivity index (χ3v) is 3.33. The van der Waals surface area contributed by atoms with Crippen molar-refractivity contribution >= 4 is 11.8 Å². The van der Waals surface area contributed by atoms with Gasteiger partial charge < -0.3 is 10.1 Å². The molecule has 0 radical (unpaired) electrons. The van der Waals surface area contributed by atoms with E-state index in [-0.39, 0.29) is 5.82 Å². The number of thioether (sulfide) groups is 1. The number of nitrogens with one attached hydrogen (secondary N) is 1. The number of halogens is 1. The standard InChI is InChI=1S/C13H20FNOS/c1-10(2)17-13-6-4-5-12(14)11(13)9-15-7-8-16-3/h4-6,10,15H,7-9H2,1-3H3. The van der Waals surface area contributed by atoms with Gasteiger partial charge in [0.1, 0.15) is 5.82 Å². The number of rotatable bonds is 7. The Kier molecular flexibility index (Phi) is 6.55. The minimum absolute atomic E-state index is 0.138. The molecule has 0 amide bonds. The fourth-order valence-electron chi connectivity index (χ4n) is 1.46. The quantitative estimate of drug-likeness (QED) is 0.599. The molecule has 1 aromatic carbocycles. The van der Waals surface area contributed by atoms with Gasteiger partial charge in [0.2, 0.25) is 0 Å². The van der Waals surface area contributed by atoms with Crippen LogP contribution in [0.2, 0.25) is 0 Å². The van der Waals surface area contributed by atoms with Gasteiger partial charge in [0, 0.05) is 35.9 Å². The molecule has 1 aromatic rings. The molecule has 0 atom stereocenters. The van der Waals surface area contributed by atoms with Crippen molar-refractivity contribution in [1.29, 1.82) is 0 Å². The summed E-state index contributed by atoms with van der Waals surface area (Å²) in [6, 6.07) is 5.25. The highest BCUT2D eigenvalue weighted by Crippen LogP contribution is 2.28. The number of benzene rings is 1. The second-order valence-electron chi connectivity index (χ2n) is 4.05. The van der Waals surface area contributed by atoms with Gasteiger partial charge in [-0.05, 0) is 12.1 Å². The first-order valence-corrected chi connectivity index (χ1v) is 6.66. The smallest absolute Gasteiger partial charge is 0.128 e. The van der Waals surface area contributed by atoms with Crippen LogP contribution in [0.1, 0.15) is 19.4 Å². The van der Waals surface area contributed by atoms with Crippen molar-refractivity contribution in [2.75, 3.05) is 20.3 Å². The lowest BCUT2D eigenvalue weighted by molar-refractivity contribution is 0.199. The lowest BCUT2D eigenvalue weighted by Crippen LogP contribution is -2.19. The van der Waals surface area contributed by atoms with Gasteiger partial charge in [-0.2, -0.15) is 0 Å². The summed E-state index contributed by atoms with van der Waals surface area (Å²) in [6.45, 7) is 6.14. The Labute approximate surface area is 107 Å². The van der Waals surface area contributed by atoms with E-state index in [0.717, 1.165) is 17.0 Å². The van der Waals surface area contributed by atoms with E-state index >= 15 is 0 Å². The summed E-state index contributed by atoms with van der Waals surface area (Å²) in [5.41, 5.74) is 0.752. The molecule has 0 heterocycles. The Morgan fingerprint density at radius 2 is 2.18 bits per heavy atom. The van der Waals surface area contributed by atoms with E-state index in [1.807, 2.05) is 6.07 Å². The number of ether oxygens (including phenoxy) is 1. The Balaban J connectivity index is 2.66. The van der Waals surface area contributed by atoms with Crippen LogP contribution in [0.4, 0.5) is 4.39 Å². The second kappa shape index (κ2) is 7.69. The van der Waals surface area contributed by atoms with Gasteiger partial charge in [-0.3, -0.25) is 0 Å². The van der Waals surface area contributed by atoms with Crippen LogP contribution < -0.4 is 5.32 Å². The van der Waals surface area contributed by atoms with Crippen molar-refractivity contribution in [3.8, 4) is 0 Å². The van der Waals surface area contributed by atoms with Gasteiger partial charge >= 0.3 is 0 Å². The Bertz CT molecular complexity index is 344. The van der Waals surface area contributed by atoms with E-state index in [4.69, 9.17) is 4.74 Å². The number of methoxy groups -OCH3 is 1. The van der Waals surface area contributed by atoms with Crippen molar-refractivity contribution in [3.63, 3.8) is 0 Å². The van der Waals surface area contributed by atoms with Crippen LogP contribution in [0.15, 0.2) is 23.1 Å². The van der Waals surface area contributed by atoms with Crippen LogP contribution >= 0.6 is 11.8 Å². The predicted octanol–water partition coefficient (Wildman–Crippen LogP) is 3.06. The molecule has 2 nitrogen and oxygen atoms in total. The van der Waals surface area contributed by atoms with Crippen LogP contribution in [0.3, 0.4) is 0 Å². The minimum atomic E-state index is -0.138. The van der Waals surface area contributed by atoms with Gasteiger partial charge in [0.05, 0.1) is 6.61 Å². The van der Waals surface area contributed by atoms with Crippen LogP contribution in [-0.2, 0) is 11.3 Å². The van der Waals surface area contributed by atoms with Gasteiger partial charge in [-0.1, -0.05) is 19.9 Å². The molecule has 17 heavy (non-hydrogen) atoms. The van der Waals surface area contributed by atoms with Crippen LogP contribution in [0, 0.1) is 5.82 Å². The first kappa shape index (κ1) is 14.5. The molecule has 1 rings (SSSR count). The summed E-state index contributed by atoms with van der Waals surface area (Å²) in [6.07, 6.45) is 0. The lowest BCUT2D eigenvalue weighted by atomic mass is 10.2. The Morgan fingerprint density at radius 3 is 2.82 bits per heavy atom. The third kappa shape index (κ3) is 5.06. The summed E-state index contributed by atoms with van der Waals surface area (Å²) in [5.74, 6) is -0.138. The van der Waals surface area contributed by atoms with Gasteiger partial charge in [0.25, 0.3) is 0 Å². The van der Waals surface area contributed by atoms with E-state index in [9.17, 15) is 4.39 Å². The summed E-state index contributed by atoms with van der Waals surface area (Å²) < 4.78 is 18.7. The van der Waals surface area contributed by atoms with E-state index < -0.39 is 0 Å². The topological polar surface area (TPSA) is 21.3 Å². The third-order valence-electron chi connectivity index (χ3n) is 2.22. The van der Waals surface area contributed by atoms with Crippen LogP contribution in [0.5, 0.6) is 0 Å². The average Bonchev–Trinajstić information content (AvgIpc) is 2.26. The Hall–Kier alpha value is -0.580. The highest BCUT2D eigenvalue weighted by atomic mass is 32.2. The monoisotopic (exact) mass is 257 g/mol. The molecule has 0 aromatic heterocycles. The normalized spacial score (nSPS) is 11.1. The van der Waals surface area contributed by atoms with Crippen LogP contribution in [0.25, 0.3) is 0 Å². The van der Waals surface area contributed by atoms with E-state index in [1.165, 1.54) is 6.07 Å². The summed E-state index contributed by atoms with van der Waals surface area (Å²) in [4.78, 5) is 1.02. The van der Waals surface area contributed by atoms with E-state index in [2.05, 4.69) is 19.2 Å². The summed E-state index contributed by atoms with van der Waals surface area (Å²) in [5, 5.41) is 3.63. The first-order valence-electron chi connectivity index (χ1n) is 5.79. The molecule has 0 saturated carbocycles. The lowest BCUT2D eigenvalue weighted by Gasteiger charge is -2.12.